The van der Waals surface area contributed by atoms with Gasteiger partial charge in [0.2, 0.25) is 0 Å². The van der Waals surface area contributed by atoms with Gasteiger partial charge in [-0.15, -0.1) is 0 Å². The molecule has 1 aromatic heterocycles. The Balaban J connectivity index is 1.74. The Morgan fingerprint density at radius 3 is 2.52 bits per heavy atom. The molecule has 1 saturated heterocycles. The first-order valence-corrected chi connectivity index (χ1v) is 15.3. The summed E-state index contributed by atoms with van der Waals surface area (Å²) in [4.78, 5) is 17.2. The van der Waals surface area contributed by atoms with E-state index in [2.05, 4.69) is 61.0 Å². The number of allylic oxidation sites excluding steroid dienone is 1. The van der Waals surface area contributed by atoms with Crippen LogP contribution in [0, 0.1) is 6.92 Å². The van der Waals surface area contributed by atoms with E-state index in [-0.39, 0.29) is 11.8 Å². The predicted molar refractivity (Wildman–Crippen MR) is 168 cm³/mol. The van der Waals surface area contributed by atoms with E-state index in [4.69, 9.17) is 22.4 Å². The molecule has 2 unspecified atom stereocenters. The van der Waals surface area contributed by atoms with Crippen LogP contribution in [0.3, 0.4) is 0 Å². The molecule has 1 aliphatic heterocycles. The Bertz CT molecular complexity index is 1160. The highest BCUT2D eigenvalue weighted by Gasteiger charge is 2.31. The molecular formula is C33H50ClN5O. The van der Waals surface area contributed by atoms with Crippen LogP contribution < -0.4 is 5.73 Å². The summed E-state index contributed by atoms with van der Waals surface area (Å²) >= 11 is 6.10. The van der Waals surface area contributed by atoms with Crippen molar-refractivity contribution in [3.8, 4) is 0 Å². The number of nitrogens with two attached hydrogens (primary N) is 1. The monoisotopic (exact) mass is 567 g/mol. The minimum atomic E-state index is -0.520. The van der Waals surface area contributed by atoms with Gasteiger partial charge >= 0.3 is 0 Å². The van der Waals surface area contributed by atoms with Gasteiger partial charge in [0.15, 0.2) is 0 Å². The van der Waals surface area contributed by atoms with Crippen LogP contribution in [0.5, 0.6) is 0 Å². The van der Waals surface area contributed by atoms with Crippen LogP contribution in [0.1, 0.15) is 95.5 Å². The summed E-state index contributed by atoms with van der Waals surface area (Å²) in [5.74, 6) is 1.62. The summed E-state index contributed by atoms with van der Waals surface area (Å²) in [6.45, 7) is 17.2. The van der Waals surface area contributed by atoms with Gasteiger partial charge in [-0.05, 0) is 63.8 Å². The zero-order valence-corrected chi connectivity index (χ0v) is 26.3. The van der Waals surface area contributed by atoms with Crippen molar-refractivity contribution in [3.05, 3.63) is 70.7 Å². The van der Waals surface area contributed by atoms with Crippen LogP contribution in [0.25, 0.3) is 5.82 Å². The molecule has 0 aliphatic carbocycles. The molecule has 0 saturated carbocycles. The first kappa shape index (κ1) is 32.0. The number of hydrogen-bond donors (Lipinski definition) is 1. The van der Waals surface area contributed by atoms with E-state index in [9.17, 15) is 4.79 Å². The van der Waals surface area contributed by atoms with Crippen molar-refractivity contribution in [2.75, 3.05) is 26.7 Å². The maximum absolute atomic E-state index is 12.7. The first-order chi connectivity index (χ1) is 19.0. The van der Waals surface area contributed by atoms with Crippen LogP contribution in [0.15, 0.2) is 48.7 Å². The van der Waals surface area contributed by atoms with Crippen LogP contribution in [-0.4, -0.2) is 58.1 Å². The largest absolute Gasteiger partial charge is 0.369 e. The van der Waals surface area contributed by atoms with Crippen molar-refractivity contribution in [2.24, 2.45) is 5.73 Å². The van der Waals surface area contributed by atoms with E-state index in [1.165, 1.54) is 19.3 Å². The van der Waals surface area contributed by atoms with Gasteiger partial charge in [0, 0.05) is 61.1 Å². The number of halogens is 1. The molecule has 0 amide bonds. The number of benzene rings is 1. The second kappa shape index (κ2) is 14.4. The number of carbonyl (C=O) groups is 1. The maximum Gasteiger partial charge on any atom is 0.140 e. The average Bonchev–Trinajstić information content (AvgIpc) is 3.29. The molecule has 2 N–H and O–H groups in total. The third-order valence-electron chi connectivity index (χ3n) is 8.55. The number of aromatic nitrogens is 2. The number of carbonyl (C=O) groups excluding carboxylic acids is 1. The second-order valence-corrected chi connectivity index (χ2v) is 12.4. The summed E-state index contributed by atoms with van der Waals surface area (Å²) in [5.41, 5.74) is 9.77. The van der Waals surface area contributed by atoms with Crippen molar-refractivity contribution in [1.82, 2.24) is 19.6 Å². The Labute approximate surface area is 247 Å². The van der Waals surface area contributed by atoms with Gasteiger partial charge < -0.3 is 15.5 Å². The van der Waals surface area contributed by atoms with Gasteiger partial charge in [0.1, 0.15) is 11.6 Å². The van der Waals surface area contributed by atoms with Crippen LogP contribution in [0.4, 0.5) is 0 Å². The van der Waals surface area contributed by atoms with E-state index in [0.717, 1.165) is 73.8 Å². The lowest BCUT2D eigenvalue weighted by Gasteiger charge is -2.39. The molecule has 0 spiro atoms. The standard InChI is InChI=1S/C33H50ClN5O/c1-8-9-10-13-24(2)31-20-26(4)39(36-31)32(21-25(3)38-22-30(35)23-38)37(7)19-12-11-18-33(6,27(5)40)28-14-16-29(34)17-15-28/h14-17,20-21,24,30H,3,8-13,18-19,22-23,35H2,1-2,4-7H3/b32-21-. The number of aryl methyl sites for hydroxylation is 1. The number of nitrogens with zero attached hydrogens (tertiary/aromatic N) is 4. The fraction of sp³-hybridized carbons (Fsp3) is 0.576. The van der Waals surface area contributed by atoms with E-state index >= 15 is 0 Å². The molecule has 1 fully saturated rings. The highest BCUT2D eigenvalue weighted by Crippen LogP contribution is 2.32. The Morgan fingerprint density at radius 1 is 1.25 bits per heavy atom. The van der Waals surface area contributed by atoms with E-state index in [0.29, 0.717) is 10.9 Å². The molecule has 3 rings (SSSR count). The minimum absolute atomic E-state index is 0.181. The van der Waals surface area contributed by atoms with Gasteiger partial charge in [0.25, 0.3) is 0 Å². The molecular weight excluding hydrogens is 518 g/mol. The van der Waals surface area contributed by atoms with Crippen molar-refractivity contribution >= 4 is 23.2 Å². The van der Waals surface area contributed by atoms with Crippen LogP contribution in [0.2, 0.25) is 5.02 Å². The molecule has 0 bridgehead atoms. The van der Waals surface area contributed by atoms with E-state index in [1.807, 2.05) is 31.2 Å². The molecule has 220 valence electrons. The maximum atomic E-state index is 12.7. The molecule has 2 atom stereocenters. The summed E-state index contributed by atoms with van der Waals surface area (Å²) < 4.78 is 2.07. The van der Waals surface area contributed by atoms with Gasteiger partial charge in [-0.1, -0.05) is 69.8 Å². The predicted octanol–water partition coefficient (Wildman–Crippen LogP) is 7.13. The number of unbranched alkanes of at least 4 members (excludes halogenated alkanes) is 3. The quantitative estimate of drug-likeness (QED) is 0.172. The lowest BCUT2D eigenvalue weighted by atomic mass is 9.75. The number of hydrogen-bond acceptors (Lipinski definition) is 5. The Morgan fingerprint density at radius 2 is 1.93 bits per heavy atom. The highest BCUT2D eigenvalue weighted by atomic mass is 35.5. The third-order valence-corrected chi connectivity index (χ3v) is 8.80. The molecule has 1 aromatic carbocycles. The normalized spacial score (nSPS) is 16.4. The molecule has 6 nitrogen and oxygen atoms in total. The van der Waals surface area contributed by atoms with Crippen molar-refractivity contribution in [1.29, 1.82) is 0 Å². The summed E-state index contributed by atoms with van der Waals surface area (Å²) in [7, 11) is 2.12. The van der Waals surface area contributed by atoms with Crippen molar-refractivity contribution < 1.29 is 4.79 Å². The molecule has 2 aromatic rings. The Hall–Kier alpha value is -2.57. The van der Waals surface area contributed by atoms with Crippen molar-refractivity contribution in [3.63, 3.8) is 0 Å². The van der Waals surface area contributed by atoms with Crippen LogP contribution in [-0.2, 0) is 10.2 Å². The van der Waals surface area contributed by atoms with E-state index in [1.54, 1.807) is 6.92 Å². The SMILES string of the molecule is C=C(/C=C(/N(C)CCCCC(C)(C(C)=O)c1ccc(Cl)cc1)n1nc(C(C)CCCCC)cc1C)N1CC(N)C1. The zero-order chi connectivity index (χ0) is 29.4. The number of rotatable bonds is 16. The lowest BCUT2D eigenvalue weighted by molar-refractivity contribution is -0.122. The topological polar surface area (TPSA) is 67.4 Å². The van der Waals surface area contributed by atoms with E-state index < -0.39 is 5.41 Å². The molecule has 0 radical (unpaired) electrons. The van der Waals surface area contributed by atoms with Gasteiger partial charge in [-0.2, -0.15) is 5.10 Å². The summed E-state index contributed by atoms with van der Waals surface area (Å²) in [6.07, 6.45) is 9.68. The van der Waals surface area contributed by atoms with Gasteiger partial charge in [0.05, 0.1) is 11.1 Å². The lowest BCUT2D eigenvalue weighted by Crippen LogP contribution is -2.54. The minimum Gasteiger partial charge on any atom is -0.369 e. The highest BCUT2D eigenvalue weighted by molar-refractivity contribution is 6.30. The average molecular weight is 568 g/mol. The molecule has 2 heterocycles. The Kier molecular flexibility index (Phi) is 11.5. The van der Waals surface area contributed by atoms with Crippen molar-refractivity contribution in [2.45, 2.75) is 96.9 Å². The molecule has 7 heteroatoms. The first-order valence-electron chi connectivity index (χ1n) is 14.9. The fourth-order valence-electron chi connectivity index (χ4n) is 5.42. The molecule has 40 heavy (non-hydrogen) atoms. The summed E-state index contributed by atoms with van der Waals surface area (Å²) in [6, 6.07) is 10.1. The van der Waals surface area contributed by atoms with Gasteiger partial charge in [-0.25, -0.2) is 4.68 Å². The number of ketones is 1. The number of Topliss-reactive ketones (excluding diaryl/α,β-unsaturated/α-hetero) is 1. The smallest absolute Gasteiger partial charge is 0.140 e. The number of likely N-dealkylation sites (tertiary alicyclic amines) is 1. The molecule has 1 aliphatic rings. The summed E-state index contributed by atoms with van der Waals surface area (Å²) in [5, 5.41) is 5.77. The third kappa shape index (κ3) is 8.01. The van der Waals surface area contributed by atoms with Crippen LogP contribution >= 0.6 is 11.6 Å². The fourth-order valence-corrected chi connectivity index (χ4v) is 5.55. The second-order valence-electron chi connectivity index (χ2n) is 12.0. The zero-order valence-electron chi connectivity index (χ0n) is 25.5. The van der Waals surface area contributed by atoms with Gasteiger partial charge in [-0.3, -0.25) is 4.79 Å².